The molecule has 146 valence electrons. The first-order valence-electron chi connectivity index (χ1n) is 9.04. The summed E-state index contributed by atoms with van der Waals surface area (Å²) >= 11 is 0. The van der Waals surface area contributed by atoms with E-state index < -0.39 is 5.60 Å². The van der Waals surface area contributed by atoms with Crippen LogP contribution in [-0.4, -0.2) is 64.0 Å². The molecule has 0 aromatic carbocycles. The van der Waals surface area contributed by atoms with Crippen LogP contribution in [-0.2, 0) is 18.3 Å². The summed E-state index contributed by atoms with van der Waals surface area (Å²) < 4.78 is 7.20. The molecular formula is C17H31N7O2. The number of aromatic nitrogens is 3. The van der Waals surface area contributed by atoms with E-state index in [1.807, 2.05) is 27.8 Å². The summed E-state index contributed by atoms with van der Waals surface area (Å²) in [6, 6.07) is 0. The van der Waals surface area contributed by atoms with Gasteiger partial charge in [0.1, 0.15) is 17.8 Å². The van der Waals surface area contributed by atoms with Gasteiger partial charge in [-0.15, -0.1) is 0 Å². The van der Waals surface area contributed by atoms with Crippen LogP contribution in [0.3, 0.4) is 0 Å². The summed E-state index contributed by atoms with van der Waals surface area (Å²) in [7, 11) is 3.59. The van der Waals surface area contributed by atoms with E-state index in [9.17, 15) is 4.79 Å². The summed E-state index contributed by atoms with van der Waals surface area (Å²) in [5.74, 6) is 1.91. The lowest BCUT2D eigenvalue weighted by Crippen LogP contribution is -2.47. The normalized spacial score (nSPS) is 18.6. The zero-order chi connectivity index (χ0) is 19.2. The Balaban J connectivity index is 1.78. The number of nitrogens with zero attached hydrogens (tertiary/aromatic N) is 5. The number of nitrogens with one attached hydrogen (secondary N) is 2. The minimum absolute atomic E-state index is 0.230. The fourth-order valence-corrected chi connectivity index (χ4v) is 2.83. The van der Waals surface area contributed by atoms with Crippen molar-refractivity contribution in [2.45, 2.75) is 45.8 Å². The second kappa shape index (κ2) is 8.86. The first-order chi connectivity index (χ1) is 12.3. The number of amides is 1. The Morgan fingerprint density at radius 1 is 1.42 bits per heavy atom. The van der Waals surface area contributed by atoms with Crippen LogP contribution < -0.4 is 10.6 Å². The highest BCUT2D eigenvalue weighted by atomic mass is 16.6. The maximum atomic E-state index is 12.3. The number of carbonyl (C=O) groups excluding carboxylic acids is 1. The van der Waals surface area contributed by atoms with Crippen LogP contribution in [0.25, 0.3) is 0 Å². The zero-order valence-electron chi connectivity index (χ0n) is 16.4. The van der Waals surface area contributed by atoms with Gasteiger partial charge in [0.15, 0.2) is 5.96 Å². The highest BCUT2D eigenvalue weighted by Gasteiger charge is 2.27. The molecule has 1 atom stereocenters. The minimum Gasteiger partial charge on any atom is -0.444 e. The molecule has 2 N–H and O–H groups in total. The number of hydrogen-bond acceptors (Lipinski definition) is 5. The van der Waals surface area contributed by atoms with Gasteiger partial charge in [0.05, 0.1) is 6.54 Å². The maximum absolute atomic E-state index is 12.3. The molecule has 0 spiro atoms. The summed E-state index contributed by atoms with van der Waals surface area (Å²) in [6.45, 7) is 8.41. The van der Waals surface area contributed by atoms with Crippen molar-refractivity contribution >= 4 is 12.1 Å². The summed E-state index contributed by atoms with van der Waals surface area (Å²) in [5.41, 5.74) is -0.464. The molecule has 2 rings (SSSR count). The van der Waals surface area contributed by atoms with Gasteiger partial charge in [-0.2, -0.15) is 5.10 Å². The number of hydrogen-bond donors (Lipinski definition) is 2. The predicted molar refractivity (Wildman–Crippen MR) is 99.7 cm³/mol. The van der Waals surface area contributed by atoms with Gasteiger partial charge in [-0.25, -0.2) is 9.78 Å². The van der Waals surface area contributed by atoms with Crippen LogP contribution in [0.5, 0.6) is 0 Å². The van der Waals surface area contributed by atoms with Gasteiger partial charge in [0.2, 0.25) is 0 Å². The van der Waals surface area contributed by atoms with Crippen LogP contribution in [0.2, 0.25) is 0 Å². The van der Waals surface area contributed by atoms with Crippen molar-refractivity contribution in [2.75, 3.05) is 26.7 Å². The number of aliphatic imine (C=N–C) groups is 1. The average molecular weight is 365 g/mol. The fourth-order valence-electron chi connectivity index (χ4n) is 2.83. The Kier molecular flexibility index (Phi) is 6.82. The Morgan fingerprint density at radius 3 is 2.81 bits per heavy atom. The van der Waals surface area contributed by atoms with Crippen molar-refractivity contribution in [1.29, 1.82) is 0 Å². The molecule has 0 bridgehead atoms. The topological polar surface area (TPSA) is 96.7 Å². The highest BCUT2D eigenvalue weighted by Crippen LogP contribution is 2.18. The van der Waals surface area contributed by atoms with Gasteiger partial charge in [0.25, 0.3) is 0 Å². The molecule has 1 amide bonds. The number of aryl methyl sites for hydroxylation is 1. The van der Waals surface area contributed by atoms with E-state index in [0.29, 0.717) is 25.0 Å². The van der Waals surface area contributed by atoms with Crippen molar-refractivity contribution < 1.29 is 9.53 Å². The monoisotopic (exact) mass is 365 g/mol. The van der Waals surface area contributed by atoms with E-state index in [1.165, 1.54) is 6.33 Å². The van der Waals surface area contributed by atoms with Gasteiger partial charge >= 0.3 is 6.09 Å². The van der Waals surface area contributed by atoms with E-state index in [-0.39, 0.29) is 6.09 Å². The summed E-state index contributed by atoms with van der Waals surface area (Å²) in [4.78, 5) is 22.5. The van der Waals surface area contributed by atoms with Crippen molar-refractivity contribution in [1.82, 2.24) is 30.3 Å². The van der Waals surface area contributed by atoms with Gasteiger partial charge in [0, 0.05) is 33.7 Å². The minimum atomic E-state index is -0.464. The van der Waals surface area contributed by atoms with Crippen LogP contribution in [0.15, 0.2) is 11.3 Å². The molecule has 1 saturated heterocycles. The molecule has 1 aliphatic rings. The van der Waals surface area contributed by atoms with Crippen LogP contribution >= 0.6 is 0 Å². The van der Waals surface area contributed by atoms with Gasteiger partial charge in [-0.05, 0) is 39.5 Å². The lowest BCUT2D eigenvalue weighted by atomic mass is 9.98. The van der Waals surface area contributed by atoms with E-state index in [1.54, 1.807) is 16.6 Å². The van der Waals surface area contributed by atoms with Gasteiger partial charge < -0.3 is 20.3 Å². The van der Waals surface area contributed by atoms with Gasteiger partial charge in [-0.3, -0.25) is 9.67 Å². The molecule has 1 aromatic heterocycles. The highest BCUT2D eigenvalue weighted by molar-refractivity contribution is 5.79. The molecule has 9 heteroatoms. The quantitative estimate of drug-likeness (QED) is 0.613. The maximum Gasteiger partial charge on any atom is 0.410 e. The molecule has 1 unspecified atom stereocenters. The molecular weight excluding hydrogens is 334 g/mol. The summed E-state index contributed by atoms with van der Waals surface area (Å²) in [5, 5.41) is 10.6. The first kappa shape index (κ1) is 20.0. The first-order valence-corrected chi connectivity index (χ1v) is 9.04. The average Bonchev–Trinajstić information content (AvgIpc) is 2.99. The van der Waals surface area contributed by atoms with Crippen LogP contribution in [0.1, 0.15) is 39.4 Å². The lowest BCUT2D eigenvalue weighted by Gasteiger charge is -2.34. The molecule has 9 nitrogen and oxygen atoms in total. The second-order valence-electron chi connectivity index (χ2n) is 7.54. The van der Waals surface area contributed by atoms with Crippen LogP contribution in [0, 0.1) is 5.92 Å². The molecule has 0 saturated carbocycles. The number of guanidine groups is 1. The largest absolute Gasteiger partial charge is 0.444 e. The second-order valence-corrected chi connectivity index (χ2v) is 7.54. The number of ether oxygens (including phenoxy) is 1. The molecule has 26 heavy (non-hydrogen) atoms. The number of piperidine rings is 1. The third kappa shape index (κ3) is 6.20. The lowest BCUT2D eigenvalue weighted by molar-refractivity contribution is 0.0168. The standard InChI is InChI=1S/C17H31N7O2/c1-17(2,3)26-16(25)24-8-6-7-13(11-24)9-19-15(18-4)20-10-14-21-12-22-23(14)5/h12-13H,6-11H2,1-5H3,(H2,18,19,20). The molecule has 1 aliphatic heterocycles. The predicted octanol–water partition coefficient (Wildman–Crippen LogP) is 1.13. The number of likely N-dealkylation sites (tertiary alicyclic amines) is 1. The molecule has 2 heterocycles. The third-order valence-corrected chi connectivity index (χ3v) is 4.17. The van der Waals surface area contributed by atoms with E-state index in [4.69, 9.17) is 4.74 Å². The van der Waals surface area contributed by atoms with Crippen molar-refractivity contribution in [3.8, 4) is 0 Å². The Morgan fingerprint density at radius 2 is 2.19 bits per heavy atom. The van der Waals surface area contributed by atoms with E-state index in [2.05, 4.69) is 25.7 Å². The van der Waals surface area contributed by atoms with Gasteiger partial charge in [-0.1, -0.05) is 0 Å². The Bertz CT molecular complexity index is 621. The fraction of sp³-hybridized carbons (Fsp3) is 0.765. The van der Waals surface area contributed by atoms with Crippen molar-refractivity contribution in [3.05, 3.63) is 12.2 Å². The van der Waals surface area contributed by atoms with Crippen LogP contribution in [0.4, 0.5) is 4.79 Å². The SMILES string of the molecule is CN=C(NCc1ncnn1C)NCC1CCCN(C(=O)OC(C)(C)C)C1. The van der Waals surface area contributed by atoms with Crippen molar-refractivity contribution in [2.24, 2.45) is 18.0 Å². The summed E-state index contributed by atoms with van der Waals surface area (Å²) in [6.07, 6.45) is 3.36. The Labute approximate surface area is 155 Å². The zero-order valence-corrected chi connectivity index (χ0v) is 16.4. The molecule has 1 aromatic rings. The van der Waals surface area contributed by atoms with E-state index >= 15 is 0 Å². The van der Waals surface area contributed by atoms with E-state index in [0.717, 1.165) is 31.8 Å². The van der Waals surface area contributed by atoms with Crippen molar-refractivity contribution in [3.63, 3.8) is 0 Å². The smallest absolute Gasteiger partial charge is 0.410 e. The number of carbonyl (C=O) groups is 1. The third-order valence-electron chi connectivity index (χ3n) is 4.17. The number of rotatable bonds is 4. The molecule has 0 radical (unpaired) electrons. The Hall–Kier alpha value is -2.32. The molecule has 1 fully saturated rings. The molecule has 0 aliphatic carbocycles.